The molecule has 1 aromatic heterocycles. The average Bonchev–Trinajstić information content (AvgIpc) is 2.71. The van der Waals surface area contributed by atoms with E-state index in [1.54, 1.807) is 16.7 Å². The summed E-state index contributed by atoms with van der Waals surface area (Å²) in [5, 5.41) is 26.1. The van der Waals surface area contributed by atoms with Crippen LogP contribution < -0.4 is 0 Å². The monoisotopic (exact) mass is 266 g/mol. The fraction of sp³-hybridized carbons (Fsp3) is 0.200. The molecule has 18 heavy (non-hydrogen) atoms. The van der Waals surface area contributed by atoms with Crippen molar-refractivity contribution in [2.24, 2.45) is 0 Å². The van der Waals surface area contributed by atoms with Gasteiger partial charge < -0.3 is 5.11 Å². The Labute approximate surface area is 107 Å². The number of aromatic amines is 1. The minimum atomic E-state index is -0.452. The maximum atomic E-state index is 10.5. The predicted molar refractivity (Wildman–Crippen MR) is 65.5 cm³/mol. The van der Waals surface area contributed by atoms with Crippen LogP contribution in [0.25, 0.3) is 0 Å². The molecule has 0 fully saturated rings. The van der Waals surface area contributed by atoms with E-state index < -0.39 is 4.92 Å². The summed E-state index contributed by atoms with van der Waals surface area (Å²) in [4.78, 5) is 10.1. The van der Waals surface area contributed by atoms with Gasteiger partial charge in [0.1, 0.15) is 6.61 Å². The van der Waals surface area contributed by atoms with Gasteiger partial charge in [-0.05, 0) is 17.8 Å². The highest BCUT2D eigenvalue weighted by molar-refractivity contribution is 7.71. The van der Waals surface area contributed by atoms with E-state index in [2.05, 4.69) is 10.2 Å². The lowest BCUT2D eigenvalue weighted by molar-refractivity contribution is -0.384. The molecule has 0 atom stereocenters. The van der Waals surface area contributed by atoms with Gasteiger partial charge in [-0.1, -0.05) is 12.1 Å². The Kier molecular flexibility index (Phi) is 3.49. The van der Waals surface area contributed by atoms with Gasteiger partial charge in [0.15, 0.2) is 10.6 Å². The summed E-state index contributed by atoms with van der Waals surface area (Å²) in [7, 11) is 0. The molecule has 0 radical (unpaired) electrons. The molecule has 2 N–H and O–H groups in total. The summed E-state index contributed by atoms with van der Waals surface area (Å²) in [6, 6.07) is 6.15. The first-order chi connectivity index (χ1) is 8.61. The smallest absolute Gasteiger partial charge is 0.269 e. The quantitative estimate of drug-likeness (QED) is 0.495. The van der Waals surface area contributed by atoms with Crippen LogP contribution in [-0.4, -0.2) is 24.8 Å². The van der Waals surface area contributed by atoms with Gasteiger partial charge in [0.05, 0.1) is 11.5 Å². The summed E-state index contributed by atoms with van der Waals surface area (Å²) >= 11 is 5.03. The SMILES string of the molecule is O=[N+]([O-])c1ccc(Cn2c(CO)n[nH]c2=S)cc1. The lowest BCUT2D eigenvalue weighted by atomic mass is 10.2. The van der Waals surface area contributed by atoms with Crippen LogP contribution in [0.4, 0.5) is 5.69 Å². The normalized spacial score (nSPS) is 10.5. The van der Waals surface area contributed by atoms with Gasteiger partial charge in [0, 0.05) is 12.1 Å². The van der Waals surface area contributed by atoms with Crippen LogP contribution in [0.15, 0.2) is 24.3 Å². The van der Waals surface area contributed by atoms with Crippen LogP contribution in [0, 0.1) is 14.9 Å². The highest BCUT2D eigenvalue weighted by Crippen LogP contribution is 2.13. The van der Waals surface area contributed by atoms with E-state index in [-0.39, 0.29) is 12.3 Å². The Balaban J connectivity index is 2.26. The number of hydrogen-bond acceptors (Lipinski definition) is 5. The van der Waals surface area contributed by atoms with Crippen LogP contribution in [0.1, 0.15) is 11.4 Å². The van der Waals surface area contributed by atoms with Crippen molar-refractivity contribution < 1.29 is 10.0 Å². The minimum Gasteiger partial charge on any atom is -0.388 e. The molecule has 0 aliphatic rings. The number of hydrogen-bond donors (Lipinski definition) is 2. The maximum Gasteiger partial charge on any atom is 0.269 e. The number of nitrogens with one attached hydrogen (secondary N) is 1. The molecule has 2 aromatic rings. The summed E-state index contributed by atoms with van der Waals surface area (Å²) in [6.07, 6.45) is 0. The third-order valence-electron chi connectivity index (χ3n) is 2.47. The Morgan fingerprint density at radius 1 is 1.44 bits per heavy atom. The van der Waals surface area contributed by atoms with Crippen molar-refractivity contribution in [3.05, 3.63) is 50.5 Å². The first-order valence-corrected chi connectivity index (χ1v) is 5.51. The van der Waals surface area contributed by atoms with Gasteiger partial charge >= 0.3 is 0 Å². The van der Waals surface area contributed by atoms with E-state index in [0.29, 0.717) is 17.1 Å². The maximum absolute atomic E-state index is 10.5. The summed E-state index contributed by atoms with van der Waals surface area (Å²) in [5.74, 6) is 0.429. The van der Waals surface area contributed by atoms with E-state index >= 15 is 0 Å². The molecule has 8 heteroatoms. The Morgan fingerprint density at radius 3 is 2.67 bits per heavy atom. The zero-order valence-electron chi connectivity index (χ0n) is 9.24. The number of aliphatic hydroxyl groups excluding tert-OH is 1. The first kappa shape index (κ1) is 12.4. The molecule has 0 saturated heterocycles. The highest BCUT2D eigenvalue weighted by Gasteiger charge is 2.07. The van der Waals surface area contributed by atoms with Crippen molar-refractivity contribution in [1.82, 2.24) is 14.8 Å². The van der Waals surface area contributed by atoms with Crippen LogP contribution >= 0.6 is 12.2 Å². The van der Waals surface area contributed by atoms with Crippen molar-refractivity contribution >= 4 is 17.9 Å². The fourth-order valence-electron chi connectivity index (χ4n) is 1.54. The number of H-pyrrole nitrogens is 1. The highest BCUT2D eigenvalue weighted by atomic mass is 32.1. The van der Waals surface area contributed by atoms with Gasteiger partial charge in [-0.15, -0.1) is 0 Å². The van der Waals surface area contributed by atoms with Gasteiger partial charge in [0.25, 0.3) is 5.69 Å². The predicted octanol–water partition coefficient (Wildman–Crippen LogP) is 1.39. The molecule has 2 rings (SSSR count). The van der Waals surface area contributed by atoms with Gasteiger partial charge in [-0.2, -0.15) is 5.10 Å². The number of rotatable bonds is 4. The zero-order chi connectivity index (χ0) is 13.1. The number of nitrogens with zero attached hydrogens (tertiary/aromatic N) is 3. The van der Waals surface area contributed by atoms with E-state index in [9.17, 15) is 10.1 Å². The summed E-state index contributed by atoms with van der Waals surface area (Å²) in [6.45, 7) is 0.184. The van der Waals surface area contributed by atoms with Crippen molar-refractivity contribution in [2.75, 3.05) is 0 Å². The number of nitro groups is 1. The second-order valence-electron chi connectivity index (χ2n) is 3.61. The minimum absolute atomic E-state index is 0.0388. The van der Waals surface area contributed by atoms with Crippen molar-refractivity contribution in [3.63, 3.8) is 0 Å². The molecule has 0 amide bonds. The standard InChI is InChI=1S/C10H10N4O3S/c15-6-9-11-12-10(18)13(9)5-7-1-3-8(4-2-7)14(16)17/h1-4,15H,5-6H2,(H,12,18). The number of benzene rings is 1. The summed E-state index contributed by atoms with van der Waals surface area (Å²) in [5.41, 5.74) is 0.879. The molecular formula is C10H10N4O3S. The van der Waals surface area contributed by atoms with Gasteiger partial charge in [0.2, 0.25) is 0 Å². The molecule has 1 heterocycles. The molecule has 0 spiro atoms. The summed E-state index contributed by atoms with van der Waals surface area (Å²) < 4.78 is 2.04. The Morgan fingerprint density at radius 2 is 2.11 bits per heavy atom. The van der Waals surface area contributed by atoms with Crippen LogP contribution in [-0.2, 0) is 13.2 Å². The molecule has 0 aliphatic heterocycles. The third kappa shape index (κ3) is 2.44. The second-order valence-corrected chi connectivity index (χ2v) is 4.00. The van der Waals surface area contributed by atoms with Gasteiger partial charge in [-0.3, -0.25) is 19.8 Å². The molecule has 0 bridgehead atoms. The van der Waals surface area contributed by atoms with Crippen molar-refractivity contribution in [3.8, 4) is 0 Å². The Hall–Kier alpha value is -2.06. The number of aliphatic hydroxyl groups is 1. The molecule has 0 unspecified atom stereocenters. The zero-order valence-corrected chi connectivity index (χ0v) is 10.1. The van der Waals surface area contributed by atoms with Crippen LogP contribution in [0.3, 0.4) is 0 Å². The number of aromatic nitrogens is 3. The molecule has 1 aromatic carbocycles. The van der Waals surface area contributed by atoms with Crippen LogP contribution in [0.5, 0.6) is 0 Å². The lowest BCUT2D eigenvalue weighted by Gasteiger charge is -2.04. The average molecular weight is 266 g/mol. The topological polar surface area (TPSA) is 97.0 Å². The molecule has 0 aliphatic carbocycles. The van der Waals surface area contributed by atoms with Crippen molar-refractivity contribution in [1.29, 1.82) is 0 Å². The molecular weight excluding hydrogens is 256 g/mol. The fourth-order valence-corrected chi connectivity index (χ4v) is 1.76. The first-order valence-electron chi connectivity index (χ1n) is 5.10. The van der Waals surface area contributed by atoms with Crippen LogP contribution in [0.2, 0.25) is 0 Å². The Bertz CT molecular complexity index is 617. The third-order valence-corrected chi connectivity index (χ3v) is 2.78. The molecule has 0 saturated carbocycles. The van der Waals surface area contributed by atoms with E-state index in [1.165, 1.54) is 12.1 Å². The number of non-ortho nitro benzene ring substituents is 1. The van der Waals surface area contributed by atoms with E-state index in [1.807, 2.05) is 0 Å². The lowest BCUT2D eigenvalue weighted by Crippen LogP contribution is -2.05. The molecule has 94 valence electrons. The second kappa shape index (κ2) is 5.07. The van der Waals surface area contributed by atoms with E-state index in [0.717, 1.165) is 5.56 Å². The molecule has 7 nitrogen and oxygen atoms in total. The number of nitro benzene ring substituents is 1. The van der Waals surface area contributed by atoms with Crippen molar-refractivity contribution in [2.45, 2.75) is 13.2 Å². The van der Waals surface area contributed by atoms with E-state index in [4.69, 9.17) is 17.3 Å². The largest absolute Gasteiger partial charge is 0.388 e. The van der Waals surface area contributed by atoms with Gasteiger partial charge in [-0.25, -0.2) is 0 Å².